The van der Waals surface area contributed by atoms with Gasteiger partial charge in [0.05, 0.1) is 9.82 Å². The largest absolute Gasteiger partial charge is 0.378 e. The van der Waals surface area contributed by atoms with E-state index in [-0.39, 0.29) is 28.1 Å². The van der Waals surface area contributed by atoms with E-state index in [2.05, 4.69) is 10.6 Å². The van der Waals surface area contributed by atoms with Crippen molar-refractivity contribution < 1.29 is 18.1 Å². The molecule has 0 aromatic heterocycles. The number of nitrogens with zero attached hydrogens (tertiary/aromatic N) is 1. The van der Waals surface area contributed by atoms with Gasteiger partial charge in [-0.1, -0.05) is 6.92 Å². The molecule has 2 rings (SSSR count). The first-order chi connectivity index (χ1) is 10.7. The third kappa shape index (κ3) is 4.41. The van der Waals surface area contributed by atoms with Crippen LogP contribution in [0, 0.1) is 22.0 Å². The number of anilines is 1. The van der Waals surface area contributed by atoms with Gasteiger partial charge < -0.3 is 10.6 Å². The van der Waals surface area contributed by atoms with Crippen molar-refractivity contribution in [1.29, 1.82) is 0 Å². The van der Waals surface area contributed by atoms with Crippen LogP contribution in [-0.2, 0) is 14.6 Å². The molecule has 1 aliphatic rings. The Morgan fingerprint density at radius 1 is 1.39 bits per heavy atom. The Balaban J connectivity index is 1.96. The zero-order valence-corrected chi connectivity index (χ0v) is 13.7. The number of carbonyl (C=O) groups excluding carboxylic acids is 1. The van der Waals surface area contributed by atoms with Crippen LogP contribution < -0.4 is 10.6 Å². The molecule has 0 unspecified atom stereocenters. The Bertz CT molecular complexity index is 732. The lowest BCUT2D eigenvalue weighted by Crippen LogP contribution is -2.30. The highest BCUT2D eigenvalue weighted by Crippen LogP contribution is 2.37. The number of benzene rings is 1. The minimum atomic E-state index is -3.51. The minimum Gasteiger partial charge on any atom is -0.378 e. The van der Waals surface area contributed by atoms with Gasteiger partial charge in [0.15, 0.2) is 9.84 Å². The van der Waals surface area contributed by atoms with Gasteiger partial charge in [0.25, 0.3) is 5.69 Å². The van der Waals surface area contributed by atoms with Gasteiger partial charge in [0, 0.05) is 31.3 Å². The summed E-state index contributed by atoms with van der Waals surface area (Å²) in [6.07, 6.45) is 1.89. The predicted molar refractivity (Wildman–Crippen MR) is 85.0 cm³/mol. The van der Waals surface area contributed by atoms with Gasteiger partial charge in [-0.25, -0.2) is 8.42 Å². The summed E-state index contributed by atoms with van der Waals surface area (Å²) in [6, 6.07) is 3.70. The van der Waals surface area contributed by atoms with Gasteiger partial charge in [-0.2, -0.15) is 0 Å². The Morgan fingerprint density at radius 3 is 2.57 bits per heavy atom. The Hall–Kier alpha value is -2.16. The van der Waals surface area contributed by atoms with Crippen LogP contribution in [0.2, 0.25) is 0 Å². The topological polar surface area (TPSA) is 118 Å². The molecule has 2 N–H and O–H groups in total. The lowest BCUT2D eigenvalue weighted by atomic mass is 10.2. The number of carbonyl (C=O) groups is 1. The quantitative estimate of drug-likeness (QED) is 0.437. The van der Waals surface area contributed by atoms with E-state index >= 15 is 0 Å². The van der Waals surface area contributed by atoms with Gasteiger partial charge in [0.1, 0.15) is 5.69 Å². The molecule has 126 valence electrons. The summed E-state index contributed by atoms with van der Waals surface area (Å²) in [6.45, 7) is 2.66. The number of rotatable bonds is 7. The highest BCUT2D eigenvalue weighted by Gasteiger charge is 2.38. The summed E-state index contributed by atoms with van der Waals surface area (Å²) in [4.78, 5) is 22.0. The Kier molecular flexibility index (Phi) is 4.88. The second-order valence-electron chi connectivity index (χ2n) is 5.75. The number of hydrogen-bond acceptors (Lipinski definition) is 6. The van der Waals surface area contributed by atoms with E-state index in [1.54, 1.807) is 0 Å². The molecular formula is C14H19N3O5S. The molecular weight excluding hydrogens is 322 g/mol. The van der Waals surface area contributed by atoms with Crippen LogP contribution >= 0.6 is 0 Å². The molecule has 0 bridgehead atoms. The lowest BCUT2D eigenvalue weighted by Gasteiger charge is -2.09. The average molecular weight is 341 g/mol. The van der Waals surface area contributed by atoms with Gasteiger partial charge in [-0.05, 0) is 24.5 Å². The van der Waals surface area contributed by atoms with Crippen molar-refractivity contribution in [3.8, 4) is 0 Å². The maximum atomic E-state index is 11.6. The molecule has 1 aliphatic carbocycles. The molecule has 8 nitrogen and oxygen atoms in total. The molecule has 1 aromatic rings. The highest BCUT2D eigenvalue weighted by molar-refractivity contribution is 7.90. The summed E-state index contributed by atoms with van der Waals surface area (Å²) < 4.78 is 22.9. The van der Waals surface area contributed by atoms with Crippen LogP contribution in [0.25, 0.3) is 0 Å². The van der Waals surface area contributed by atoms with E-state index in [4.69, 9.17) is 0 Å². The fraction of sp³-hybridized carbons (Fsp3) is 0.500. The maximum Gasteiger partial charge on any atom is 0.293 e. The lowest BCUT2D eigenvalue weighted by molar-refractivity contribution is -0.384. The Morgan fingerprint density at radius 2 is 2.04 bits per heavy atom. The van der Waals surface area contributed by atoms with Crippen molar-refractivity contribution in [2.75, 3.05) is 24.7 Å². The van der Waals surface area contributed by atoms with Gasteiger partial charge in [-0.15, -0.1) is 0 Å². The molecule has 1 aromatic carbocycles. The van der Waals surface area contributed by atoms with Crippen LogP contribution in [-0.4, -0.2) is 38.6 Å². The van der Waals surface area contributed by atoms with E-state index in [1.807, 2.05) is 6.92 Å². The zero-order valence-electron chi connectivity index (χ0n) is 12.9. The molecule has 0 heterocycles. The minimum absolute atomic E-state index is 0.00113. The first-order valence-corrected chi connectivity index (χ1v) is 9.09. The fourth-order valence-corrected chi connectivity index (χ4v) is 2.88. The summed E-state index contributed by atoms with van der Waals surface area (Å²) in [5, 5.41) is 16.7. The van der Waals surface area contributed by atoms with E-state index in [9.17, 15) is 23.3 Å². The second kappa shape index (κ2) is 6.53. The number of nitrogens with one attached hydrogen (secondary N) is 2. The molecule has 0 spiro atoms. The SMILES string of the molecule is C[C@@H]1C[C@H]1C(=O)NCCNc1ccc(S(C)(=O)=O)cc1[N+](=O)[O-]. The third-order valence-corrected chi connectivity index (χ3v) is 4.89. The molecule has 2 atom stereocenters. The summed E-state index contributed by atoms with van der Waals surface area (Å²) in [5.74, 6) is 0.507. The maximum absolute atomic E-state index is 11.6. The fourth-order valence-electron chi connectivity index (χ4n) is 2.24. The third-order valence-electron chi connectivity index (χ3n) is 3.78. The zero-order chi connectivity index (χ0) is 17.2. The number of amides is 1. The van der Waals surface area contributed by atoms with Gasteiger partial charge >= 0.3 is 0 Å². The normalized spacial score (nSPS) is 19.9. The molecule has 1 saturated carbocycles. The van der Waals surface area contributed by atoms with Crippen molar-refractivity contribution in [2.24, 2.45) is 11.8 Å². The van der Waals surface area contributed by atoms with Crippen LogP contribution in [0.4, 0.5) is 11.4 Å². The molecule has 1 amide bonds. The molecule has 23 heavy (non-hydrogen) atoms. The first kappa shape index (κ1) is 17.2. The molecule has 0 radical (unpaired) electrons. The van der Waals surface area contributed by atoms with Crippen LogP contribution in [0.15, 0.2) is 23.1 Å². The monoisotopic (exact) mass is 341 g/mol. The second-order valence-corrected chi connectivity index (χ2v) is 7.76. The van der Waals surface area contributed by atoms with E-state index < -0.39 is 14.8 Å². The first-order valence-electron chi connectivity index (χ1n) is 7.20. The predicted octanol–water partition coefficient (Wildman–Crippen LogP) is 1.18. The van der Waals surface area contributed by atoms with Crippen LogP contribution in [0.1, 0.15) is 13.3 Å². The Labute approximate surface area is 134 Å². The van der Waals surface area contributed by atoms with E-state index in [1.165, 1.54) is 12.1 Å². The van der Waals surface area contributed by atoms with Crippen molar-refractivity contribution in [2.45, 2.75) is 18.2 Å². The van der Waals surface area contributed by atoms with Crippen molar-refractivity contribution >= 4 is 27.1 Å². The number of nitro groups is 1. The number of sulfone groups is 1. The van der Waals surface area contributed by atoms with Crippen molar-refractivity contribution in [3.63, 3.8) is 0 Å². The number of nitro benzene ring substituents is 1. The molecule has 1 fully saturated rings. The van der Waals surface area contributed by atoms with Gasteiger partial charge in [0.2, 0.25) is 5.91 Å². The molecule has 0 aliphatic heterocycles. The molecule has 9 heteroatoms. The standard InChI is InChI=1S/C14H19N3O5S/c1-9-7-11(9)14(18)16-6-5-15-12-4-3-10(23(2,21)22)8-13(12)17(19)20/h3-4,8-9,11,15H,5-7H2,1-2H3,(H,16,18)/t9-,11-/m1/s1. The average Bonchev–Trinajstić information content (AvgIpc) is 3.19. The van der Waals surface area contributed by atoms with Crippen molar-refractivity contribution in [1.82, 2.24) is 5.32 Å². The summed E-state index contributed by atoms with van der Waals surface area (Å²) in [7, 11) is -3.51. The van der Waals surface area contributed by atoms with Crippen molar-refractivity contribution in [3.05, 3.63) is 28.3 Å². The smallest absolute Gasteiger partial charge is 0.293 e. The highest BCUT2D eigenvalue weighted by atomic mass is 32.2. The molecule has 0 saturated heterocycles. The number of hydrogen-bond donors (Lipinski definition) is 2. The summed E-state index contributed by atoms with van der Waals surface area (Å²) >= 11 is 0. The van der Waals surface area contributed by atoms with Crippen LogP contribution in [0.5, 0.6) is 0 Å². The van der Waals surface area contributed by atoms with E-state index in [0.29, 0.717) is 19.0 Å². The van der Waals surface area contributed by atoms with Gasteiger partial charge in [-0.3, -0.25) is 14.9 Å². The van der Waals surface area contributed by atoms with E-state index in [0.717, 1.165) is 18.7 Å². The van der Waals surface area contributed by atoms with Crippen LogP contribution in [0.3, 0.4) is 0 Å². The summed E-state index contributed by atoms with van der Waals surface area (Å²) in [5.41, 5.74) is -0.0912.